The van der Waals surface area contributed by atoms with E-state index in [1.54, 1.807) is 14.2 Å². The molecule has 0 aliphatic rings. The van der Waals surface area contributed by atoms with Crippen molar-refractivity contribution < 1.29 is 4.74 Å². The lowest BCUT2D eigenvalue weighted by atomic mass is 9.92. The fraction of sp³-hybridized carbons (Fsp3) is 0.909. The summed E-state index contributed by atoms with van der Waals surface area (Å²) in [5.41, 5.74) is 0. The van der Waals surface area contributed by atoms with Crippen molar-refractivity contribution in [2.45, 2.75) is 20.3 Å². The number of tetrazole rings is 1. The Hall–Kier alpha value is -1.01. The van der Waals surface area contributed by atoms with Crippen LogP contribution in [0.25, 0.3) is 0 Å². The molecule has 1 atom stereocenters. The standard InChI is InChI=1S/C11H23N5O/c1-9(2)10(8-12-5-6-17-4)7-11-13-15-16(3)14-11/h9-10,12H,5-8H2,1-4H3. The summed E-state index contributed by atoms with van der Waals surface area (Å²) in [5.74, 6) is 1.93. The molecular formula is C11H23N5O. The van der Waals surface area contributed by atoms with Crippen molar-refractivity contribution in [3.8, 4) is 0 Å². The number of aromatic nitrogens is 4. The first-order valence-corrected chi connectivity index (χ1v) is 6.06. The number of ether oxygens (including phenoxy) is 1. The van der Waals surface area contributed by atoms with Gasteiger partial charge in [-0.05, 0) is 23.6 Å². The van der Waals surface area contributed by atoms with Crippen LogP contribution in [-0.4, -0.2) is 47.0 Å². The summed E-state index contributed by atoms with van der Waals surface area (Å²) in [7, 11) is 3.50. The van der Waals surface area contributed by atoms with Crippen LogP contribution in [0.5, 0.6) is 0 Å². The molecule has 1 unspecified atom stereocenters. The van der Waals surface area contributed by atoms with E-state index in [4.69, 9.17) is 4.74 Å². The van der Waals surface area contributed by atoms with Crippen LogP contribution in [0.15, 0.2) is 0 Å². The molecule has 0 amide bonds. The molecular weight excluding hydrogens is 218 g/mol. The van der Waals surface area contributed by atoms with Gasteiger partial charge in [0.1, 0.15) is 0 Å². The van der Waals surface area contributed by atoms with E-state index in [9.17, 15) is 0 Å². The zero-order chi connectivity index (χ0) is 12.7. The third kappa shape index (κ3) is 5.23. The molecule has 0 fully saturated rings. The van der Waals surface area contributed by atoms with E-state index in [2.05, 4.69) is 34.6 Å². The minimum atomic E-state index is 0.524. The monoisotopic (exact) mass is 241 g/mol. The lowest BCUT2D eigenvalue weighted by Gasteiger charge is -2.19. The zero-order valence-electron chi connectivity index (χ0n) is 11.2. The molecule has 0 saturated heterocycles. The second-order valence-corrected chi connectivity index (χ2v) is 4.60. The van der Waals surface area contributed by atoms with Crippen LogP contribution in [0.3, 0.4) is 0 Å². The SMILES string of the molecule is COCCNCC(Cc1nnn(C)n1)C(C)C. The molecule has 0 aliphatic heterocycles. The Balaban J connectivity index is 2.38. The summed E-state index contributed by atoms with van der Waals surface area (Å²) >= 11 is 0. The Labute approximate surface area is 103 Å². The Bertz CT molecular complexity index is 313. The molecule has 1 heterocycles. The molecule has 0 bridgehead atoms. The quantitative estimate of drug-likeness (QED) is 0.661. The molecule has 0 saturated carbocycles. The number of nitrogens with one attached hydrogen (secondary N) is 1. The lowest BCUT2D eigenvalue weighted by molar-refractivity contribution is 0.196. The van der Waals surface area contributed by atoms with Gasteiger partial charge in [-0.3, -0.25) is 0 Å². The van der Waals surface area contributed by atoms with E-state index < -0.39 is 0 Å². The molecule has 6 nitrogen and oxygen atoms in total. The minimum absolute atomic E-state index is 0.524. The molecule has 1 aromatic heterocycles. The fourth-order valence-corrected chi connectivity index (χ4v) is 1.64. The summed E-state index contributed by atoms with van der Waals surface area (Å²) in [6, 6.07) is 0. The lowest BCUT2D eigenvalue weighted by Crippen LogP contribution is -2.30. The van der Waals surface area contributed by atoms with Gasteiger partial charge in [0.25, 0.3) is 0 Å². The van der Waals surface area contributed by atoms with Crippen molar-refractivity contribution in [1.29, 1.82) is 0 Å². The van der Waals surface area contributed by atoms with Gasteiger partial charge in [0, 0.05) is 20.1 Å². The van der Waals surface area contributed by atoms with Gasteiger partial charge in [0.2, 0.25) is 0 Å². The number of aryl methyl sites for hydroxylation is 1. The molecule has 0 aliphatic carbocycles. The summed E-state index contributed by atoms with van der Waals surface area (Å²) in [4.78, 5) is 1.51. The molecule has 17 heavy (non-hydrogen) atoms. The van der Waals surface area contributed by atoms with E-state index >= 15 is 0 Å². The first-order valence-electron chi connectivity index (χ1n) is 6.06. The maximum atomic E-state index is 5.01. The third-order valence-corrected chi connectivity index (χ3v) is 2.83. The number of hydrogen-bond donors (Lipinski definition) is 1. The molecule has 0 radical (unpaired) electrons. The normalized spacial score (nSPS) is 13.2. The number of hydrogen-bond acceptors (Lipinski definition) is 5. The maximum absolute atomic E-state index is 5.01. The van der Waals surface area contributed by atoms with Crippen LogP contribution in [0, 0.1) is 11.8 Å². The molecule has 0 aromatic carbocycles. The predicted molar refractivity (Wildman–Crippen MR) is 65.6 cm³/mol. The molecule has 1 rings (SSSR count). The minimum Gasteiger partial charge on any atom is -0.383 e. The van der Waals surface area contributed by atoms with Crippen molar-refractivity contribution in [2.75, 3.05) is 26.8 Å². The molecule has 0 spiro atoms. The Kier molecular flexibility index (Phi) is 6.07. The van der Waals surface area contributed by atoms with E-state index in [1.165, 1.54) is 4.80 Å². The van der Waals surface area contributed by atoms with Crippen molar-refractivity contribution in [3.63, 3.8) is 0 Å². The van der Waals surface area contributed by atoms with Crippen LogP contribution >= 0.6 is 0 Å². The smallest absolute Gasteiger partial charge is 0.175 e. The average Bonchev–Trinajstić information content (AvgIpc) is 2.68. The second kappa shape index (κ2) is 7.34. The van der Waals surface area contributed by atoms with Gasteiger partial charge in [-0.15, -0.1) is 10.2 Å². The average molecular weight is 241 g/mol. The van der Waals surface area contributed by atoms with Crippen LogP contribution in [0.1, 0.15) is 19.7 Å². The Morgan fingerprint density at radius 3 is 2.71 bits per heavy atom. The predicted octanol–water partition coefficient (Wildman–Crippen LogP) is 0.261. The highest BCUT2D eigenvalue weighted by Crippen LogP contribution is 2.13. The Morgan fingerprint density at radius 1 is 1.41 bits per heavy atom. The van der Waals surface area contributed by atoms with E-state index in [0.29, 0.717) is 11.8 Å². The van der Waals surface area contributed by atoms with E-state index in [0.717, 1.165) is 31.9 Å². The molecule has 6 heteroatoms. The van der Waals surface area contributed by atoms with Gasteiger partial charge in [0.15, 0.2) is 5.82 Å². The molecule has 1 aromatic rings. The maximum Gasteiger partial charge on any atom is 0.175 e. The van der Waals surface area contributed by atoms with Gasteiger partial charge in [-0.1, -0.05) is 13.8 Å². The van der Waals surface area contributed by atoms with Crippen LogP contribution < -0.4 is 5.32 Å². The second-order valence-electron chi connectivity index (χ2n) is 4.60. The zero-order valence-corrected chi connectivity index (χ0v) is 11.2. The van der Waals surface area contributed by atoms with Crippen LogP contribution in [0.4, 0.5) is 0 Å². The van der Waals surface area contributed by atoms with Gasteiger partial charge in [-0.25, -0.2) is 0 Å². The summed E-state index contributed by atoms with van der Waals surface area (Å²) < 4.78 is 5.01. The van der Waals surface area contributed by atoms with Gasteiger partial charge in [0.05, 0.1) is 13.7 Å². The molecule has 98 valence electrons. The highest BCUT2D eigenvalue weighted by Gasteiger charge is 2.16. The highest BCUT2D eigenvalue weighted by molar-refractivity contribution is 4.83. The summed E-state index contributed by atoms with van der Waals surface area (Å²) in [5, 5.41) is 15.5. The third-order valence-electron chi connectivity index (χ3n) is 2.83. The van der Waals surface area contributed by atoms with Crippen molar-refractivity contribution in [2.24, 2.45) is 18.9 Å². The largest absolute Gasteiger partial charge is 0.383 e. The van der Waals surface area contributed by atoms with Crippen molar-refractivity contribution in [3.05, 3.63) is 5.82 Å². The molecule has 1 N–H and O–H groups in total. The van der Waals surface area contributed by atoms with Crippen molar-refractivity contribution in [1.82, 2.24) is 25.5 Å². The highest BCUT2D eigenvalue weighted by atomic mass is 16.5. The number of rotatable bonds is 8. The van der Waals surface area contributed by atoms with Crippen LogP contribution in [-0.2, 0) is 18.2 Å². The van der Waals surface area contributed by atoms with Crippen molar-refractivity contribution >= 4 is 0 Å². The summed E-state index contributed by atoms with van der Waals surface area (Å²) in [6.07, 6.45) is 0.867. The van der Waals surface area contributed by atoms with E-state index in [-0.39, 0.29) is 0 Å². The van der Waals surface area contributed by atoms with Gasteiger partial charge >= 0.3 is 0 Å². The van der Waals surface area contributed by atoms with Gasteiger partial charge in [-0.2, -0.15) is 4.80 Å². The van der Waals surface area contributed by atoms with E-state index in [1.807, 2.05) is 0 Å². The van der Waals surface area contributed by atoms with Gasteiger partial charge < -0.3 is 10.1 Å². The summed E-state index contributed by atoms with van der Waals surface area (Å²) in [6.45, 7) is 7.03. The number of methoxy groups -OCH3 is 1. The topological polar surface area (TPSA) is 64.9 Å². The Morgan fingerprint density at radius 2 is 2.18 bits per heavy atom. The first-order chi connectivity index (χ1) is 8.13. The fourth-order valence-electron chi connectivity index (χ4n) is 1.64. The first kappa shape index (κ1) is 14.1. The van der Waals surface area contributed by atoms with Crippen LogP contribution in [0.2, 0.25) is 0 Å². The number of nitrogens with zero attached hydrogens (tertiary/aromatic N) is 4.